The molecule has 6 heteroatoms. The van der Waals surface area contributed by atoms with Crippen molar-refractivity contribution in [3.05, 3.63) is 18.2 Å². The fourth-order valence-corrected chi connectivity index (χ4v) is 3.81. The Morgan fingerprint density at radius 3 is 2.77 bits per heavy atom. The molecule has 1 heterocycles. The van der Waals surface area contributed by atoms with Crippen molar-refractivity contribution >= 4 is 23.2 Å². The van der Waals surface area contributed by atoms with E-state index >= 15 is 0 Å². The monoisotopic (exact) mass is 359 g/mol. The summed E-state index contributed by atoms with van der Waals surface area (Å²) in [7, 11) is 0. The van der Waals surface area contributed by atoms with Crippen molar-refractivity contribution in [2.45, 2.75) is 40.0 Å². The molecule has 1 aromatic carbocycles. The number of benzene rings is 1. The van der Waals surface area contributed by atoms with Gasteiger partial charge in [-0.25, -0.2) is 0 Å². The maximum Gasteiger partial charge on any atom is 0.232 e. The second-order valence-electron chi connectivity index (χ2n) is 8.26. The summed E-state index contributed by atoms with van der Waals surface area (Å²) < 4.78 is 5.69. The molecule has 2 amide bonds. The average Bonchev–Trinajstić information content (AvgIpc) is 3.08. The summed E-state index contributed by atoms with van der Waals surface area (Å²) in [4.78, 5) is 27.2. The quantitative estimate of drug-likeness (QED) is 0.869. The van der Waals surface area contributed by atoms with Crippen LogP contribution in [-0.4, -0.2) is 31.5 Å². The molecule has 1 saturated carbocycles. The first-order chi connectivity index (χ1) is 12.3. The molecular formula is C20H29N3O3. The SMILES string of the molecule is CC(C)(C)C(=O)N1CCOc2ccc(NC(=O)[C@@H]3CCC[C@@H]3CN)cc21. The van der Waals surface area contributed by atoms with E-state index in [1.54, 1.807) is 4.90 Å². The Morgan fingerprint density at radius 1 is 1.31 bits per heavy atom. The average molecular weight is 359 g/mol. The highest BCUT2D eigenvalue weighted by atomic mass is 16.5. The summed E-state index contributed by atoms with van der Waals surface area (Å²) >= 11 is 0. The summed E-state index contributed by atoms with van der Waals surface area (Å²) in [5, 5.41) is 3.01. The molecule has 0 unspecified atom stereocenters. The van der Waals surface area contributed by atoms with Gasteiger partial charge in [0.05, 0.1) is 12.2 Å². The summed E-state index contributed by atoms with van der Waals surface area (Å²) in [5.41, 5.74) is 6.72. The van der Waals surface area contributed by atoms with Crippen LogP contribution in [0.3, 0.4) is 0 Å². The molecule has 2 aliphatic rings. The van der Waals surface area contributed by atoms with Crippen LogP contribution in [0.1, 0.15) is 40.0 Å². The molecule has 0 radical (unpaired) electrons. The molecule has 1 aliphatic heterocycles. The molecule has 0 spiro atoms. The molecular weight excluding hydrogens is 330 g/mol. The fourth-order valence-electron chi connectivity index (χ4n) is 3.81. The minimum absolute atomic E-state index is 0.0170. The molecule has 0 bridgehead atoms. The number of hydrogen-bond acceptors (Lipinski definition) is 4. The number of hydrogen-bond donors (Lipinski definition) is 2. The van der Waals surface area contributed by atoms with E-state index in [1.165, 1.54) is 0 Å². The van der Waals surface area contributed by atoms with Gasteiger partial charge in [-0.05, 0) is 43.5 Å². The number of carbonyl (C=O) groups excluding carboxylic acids is 2. The van der Waals surface area contributed by atoms with E-state index in [2.05, 4.69) is 5.32 Å². The van der Waals surface area contributed by atoms with Gasteiger partial charge < -0.3 is 20.7 Å². The summed E-state index contributed by atoms with van der Waals surface area (Å²) in [6.07, 6.45) is 2.95. The Labute approximate surface area is 155 Å². The van der Waals surface area contributed by atoms with Gasteiger partial charge in [-0.3, -0.25) is 9.59 Å². The van der Waals surface area contributed by atoms with E-state index in [9.17, 15) is 9.59 Å². The first-order valence-electron chi connectivity index (χ1n) is 9.41. The first-order valence-corrected chi connectivity index (χ1v) is 9.41. The predicted octanol–water partition coefficient (Wildman–Crippen LogP) is 2.77. The number of rotatable bonds is 3. The van der Waals surface area contributed by atoms with Crippen molar-refractivity contribution in [2.24, 2.45) is 23.0 Å². The third-order valence-corrected chi connectivity index (χ3v) is 5.28. The highest BCUT2D eigenvalue weighted by molar-refractivity contribution is 6.00. The number of nitrogens with two attached hydrogens (primary N) is 1. The maximum atomic E-state index is 12.8. The Bertz CT molecular complexity index is 696. The Balaban J connectivity index is 1.81. The fraction of sp³-hybridized carbons (Fsp3) is 0.600. The molecule has 3 N–H and O–H groups in total. The van der Waals surface area contributed by atoms with Crippen LogP contribution in [0.4, 0.5) is 11.4 Å². The zero-order valence-electron chi connectivity index (χ0n) is 15.9. The van der Waals surface area contributed by atoms with E-state index in [4.69, 9.17) is 10.5 Å². The number of ether oxygens (including phenoxy) is 1. The Hall–Kier alpha value is -2.08. The lowest BCUT2D eigenvalue weighted by molar-refractivity contribution is -0.126. The lowest BCUT2D eigenvalue weighted by Gasteiger charge is -2.34. The van der Waals surface area contributed by atoms with E-state index in [0.717, 1.165) is 24.9 Å². The van der Waals surface area contributed by atoms with Crippen LogP contribution in [0.5, 0.6) is 5.75 Å². The lowest BCUT2D eigenvalue weighted by atomic mass is 9.94. The molecule has 6 nitrogen and oxygen atoms in total. The molecule has 0 aromatic heterocycles. The van der Waals surface area contributed by atoms with Crippen LogP contribution in [0.2, 0.25) is 0 Å². The smallest absolute Gasteiger partial charge is 0.232 e. The second-order valence-corrected chi connectivity index (χ2v) is 8.26. The molecule has 1 fully saturated rings. The van der Waals surface area contributed by atoms with Crippen molar-refractivity contribution in [2.75, 3.05) is 29.9 Å². The largest absolute Gasteiger partial charge is 0.490 e. The van der Waals surface area contributed by atoms with Crippen molar-refractivity contribution in [1.29, 1.82) is 0 Å². The van der Waals surface area contributed by atoms with Gasteiger partial charge in [-0.2, -0.15) is 0 Å². The zero-order chi connectivity index (χ0) is 18.9. The van der Waals surface area contributed by atoms with Crippen LogP contribution in [0.25, 0.3) is 0 Å². The van der Waals surface area contributed by atoms with E-state index in [0.29, 0.717) is 31.1 Å². The summed E-state index contributed by atoms with van der Waals surface area (Å²) in [6.45, 7) is 7.25. The van der Waals surface area contributed by atoms with Gasteiger partial charge in [0, 0.05) is 17.0 Å². The van der Waals surface area contributed by atoms with Gasteiger partial charge in [0.25, 0.3) is 0 Å². The molecule has 2 atom stereocenters. The number of nitrogens with zero attached hydrogens (tertiary/aromatic N) is 1. The molecule has 0 saturated heterocycles. The third-order valence-electron chi connectivity index (χ3n) is 5.28. The standard InChI is InChI=1S/C20H29N3O3/c1-20(2,3)19(25)23-9-10-26-17-8-7-14(11-16(17)23)22-18(24)15-6-4-5-13(15)12-21/h7-8,11,13,15H,4-6,9-10,12,21H2,1-3H3,(H,22,24)/t13-,15-/m1/s1. The molecule has 1 aromatic rings. The van der Waals surface area contributed by atoms with Gasteiger partial charge in [-0.1, -0.05) is 27.2 Å². The van der Waals surface area contributed by atoms with Crippen LogP contribution in [0, 0.1) is 17.3 Å². The number of carbonyl (C=O) groups is 2. The van der Waals surface area contributed by atoms with Gasteiger partial charge in [0.15, 0.2) is 0 Å². The van der Waals surface area contributed by atoms with Gasteiger partial charge in [0.2, 0.25) is 11.8 Å². The van der Waals surface area contributed by atoms with Crippen LogP contribution < -0.4 is 20.7 Å². The van der Waals surface area contributed by atoms with Crippen molar-refractivity contribution < 1.29 is 14.3 Å². The van der Waals surface area contributed by atoms with Crippen molar-refractivity contribution in [3.63, 3.8) is 0 Å². The summed E-state index contributed by atoms with van der Waals surface area (Å²) in [6, 6.07) is 5.48. The molecule has 3 rings (SSSR count). The number of anilines is 2. The molecule has 26 heavy (non-hydrogen) atoms. The minimum atomic E-state index is -0.480. The number of nitrogens with one attached hydrogen (secondary N) is 1. The van der Waals surface area contributed by atoms with Gasteiger partial charge in [0.1, 0.15) is 12.4 Å². The number of amides is 2. The lowest BCUT2D eigenvalue weighted by Crippen LogP contribution is -2.44. The molecule has 142 valence electrons. The van der Waals surface area contributed by atoms with Crippen molar-refractivity contribution in [1.82, 2.24) is 0 Å². The van der Waals surface area contributed by atoms with Gasteiger partial charge in [-0.15, -0.1) is 0 Å². The third kappa shape index (κ3) is 3.70. The minimum Gasteiger partial charge on any atom is -0.490 e. The normalized spacial score (nSPS) is 22.5. The van der Waals surface area contributed by atoms with Gasteiger partial charge >= 0.3 is 0 Å². The topological polar surface area (TPSA) is 84.7 Å². The van der Waals surface area contributed by atoms with E-state index in [1.807, 2.05) is 39.0 Å². The Morgan fingerprint density at radius 2 is 2.08 bits per heavy atom. The maximum absolute atomic E-state index is 12.8. The van der Waals surface area contributed by atoms with Crippen LogP contribution in [0.15, 0.2) is 18.2 Å². The van der Waals surface area contributed by atoms with Crippen LogP contribution >= 0.6 is 0 Å². The first kappa shape index (κ1) is 18.7. The van der Waals surface area contributed by atoms with E-state index < -0.39 is 5.41 Å². The second kappa shape index (κ2) is 7.27. The van der Waals surface area contributed by atoms with Crippen molar-refractivity contribution in [3.8, 4) is 5.75 Å². The predicted molar refractivity (Wildman–Crippen MR) is 102 cm³/mol. The highest BCUT2D eigenvalue weighted by Crippen LogP contribution is 2.37. The highest BCUT2D eigenvalue weighted by Gasteiger charge is 2.34. The number of fused-ring (bicyclic) bond motifs is 1. The zero-order valence-corrected chi connectivity index (χ0v) is 15.9. The van der Waals surface area contributed by atoms with E-state index in [-0.39, 0.29) is 23.7 Å². The Kier molecular flexibility index (Phi) is 5.23. The molecule has 1 aliphatic carbocycles. The van der Waals surface area contributed by atoms with Crippen LogP contribution in [-0.2, 0) is 9.59 Å². The summed E-state index contributed by atoms with van der Waals surface area (Å²) in [5.74, 6) is 0.968.